The summed E-state index contributed by atoms with van der Waals surface area (Å²) in [5.74, 6) is 1.13. The number of nitrogens with two attached hydrogens (primary N) is 1. The Kier molecular flexibility index (Phi) is 5.25. The van der Waals surface area contributed by atoms with E-state index in [0.29, 0.717) is 12.5 Å². The maximum atomic E-state index is 9.32. The number of benzene rings is 1. The van der Waals surface area contributed by atoms with E-state index in [9.17, 15) is 5.11 Å². The highest BCUT2D eigenvalue weighted by molar-refractivity contribution is 5.55. The average molecular weight is 238 g/mol. The molecule has 1 atom stereocenters. The predicted octanol–water partition coefficient (Wildman–Crippen LogP) is 1.58. The van der Waals surface area contributed by atoms with E-state index in [2.05, 4.69) is 19.2 Å². The molecular formula is C13H22N2O2. The van der Waals surface area contributed by atoms with Crippen LogP contribution in [0.25, 0.3) is 0 Å². The minimum Gasteiger partial charge on any atom is -0.497 e. The van der Waals surface area contributed by atoms with Crippen molar-refractivity contribution < 1.29 is 9.84 Å². The molecule has 1 aromatic carbocycles. The Labute approximate surface area is 103 Å². The number of anilines is 1. The monoisotopic (exact) mass is 238 g/mol. The fourth-order valence-electron chi connectivity index (χ4n) is 1.62. The Bertz CT molecular complexity index is 353. The van der Waals surface area contributed by atoms with Gasteiger partial charge in [-0.25, -0.2) is 0 Å². The van der Waals surface area contributed by atoms with Crippen LogP contribution in [0.5, 0.6) is 5.75 Å². The van der Waals surface area contributed by atoms with Crippen molar-refractivity contribution in [2.24, 2.45) is 11.7 Å². The van der Waals surface area contributed by atoms with Crippen LogP contribution in [0.1, 0.15) is 19.4 Å². The van der Waals surface area contributed by atoms with E-state index in [1.165, 1.54) is 0 Å². The molecule has 0 aromatic heterocycles. The highest BCUT2D eigenvalue weighted by Crippen LogP contribution is 2.24. The van der Waals surface area contributed by atoms with Crippen molar-refractivity contribution in [1.29, 1.82) is 0 Å². The summed E-state index contributed by atoms with van der Waals surface area (Å²) in [6.45, 7) is 4.69. The smallest absolute Gasteiger partial charge is 0.120 e. The third kappa shape index (κ3) is 3.61. The molecule has 0 aliphatic carbocycles. The third-order valence-electron chi connectivity index (χ3n) is 2.88. The zero-order valence-electron chi connectivity index (χ0n) is 10.7. The maximum Gasteiger partial charge on any atom is 0.120 e. The van der Waals surface area contributed by atoms with Crippen LogP contribution in [0.2, 0.25) is 0 Å². The van der Waals surface area contributed by atoms with Crippen molar-refractivity contribution >= 4 is 5.69 Å². The van der Waals surface area contributed by atoms with Crippen molar-refractivity contribution in [3.63, 3.8) is 0 Å². The van der Waals surface area contributed by atoms with Crippen LogP contribution in [-0.2, 0) is 6.54 Å². The van der Waals surface area contributed by atoms with Crippen LogP contribution in [0.15, 0.2) is 18.2 Å². The van der Waals surface area contributed by atoms with Gasteiger partial charge in [0.2, 0.25) is 0 Å². The summed E-state index contributed by atoms with van der Waals surface area (Å²) in [5, 5.41) is 12.6. The SMILES string of the molecule is COc1ccc(CN)c(N[C@H](CO)C(C)C)c1. The Morgan fingerprint density at radius 1 is 1.41 bits per heavy atom. The van der Waals surface area contributed by atoms with E-state index < -0.39 is 0 Å². The van der Waals surface area contributed by atoms with Crippen LogP contribution in [0.4, 0.5) is 5.69 Å². The van der Waals surface area contributed by atoms with E-state index in [-0.39, 0.29) is 12.6 Å². The molecule has 4 heteroatoms. The van der Waals surface area contributed by atoms with Crippen LogP contribution >= 0.6 is 0 Å². The number of aliphatic hydroxyl groups is 1. The Morgan fingerprint density at radius 2 is 2.12 bits per heavy atom. The minimum absolute atomic E-state index is 0.0207. The standard InChI is InChI=1S/C13H22N2O2/c1-9(2)13(8-16)15-12-6-11(17-3)5-4-10(12)7-14/h4-6,9,13,15-16H,7-8,14H2,1-3H3/t13-/m1/s1. The first-order valence-corrected chi connectivity index (χ1v) is 5.86. The van der Waals surface area contributed by atoms with Gasteiger partial charge in [-0.15, -0.1) is 0 Å². The zero-order valence-corrected chi connectivity index (χ0v) is 10.7. The molecule has 0 amide bonds. The van der Waals surface area contributed by atoms with Gasteiger partial charge in [0.15, 0.2) is 0 Å². The summed E-state index contributed by atoms with van der Waals surface area (Å²) >= 11 is 0. The maximum absolute atomic E-state index is 9.32. The molecule has 0 fully saturated rings. The van der Waals surface area contributed by atoms with E-state index in [1.54, 1.807) is 7.11 Å². The lowest BCUT2D eigenvalue weighted by atomic mass is 10.0. The molecule has 0 aliphatic rings. The van der Waals surface area contributed by atoms with Crippen LogP contribution in [0.3, 0.4) is 0 Å². The highest BCUT2D eigenvalue weighted by Gasteiger charge is 2.13. The summed E-state index contributed by atoms with van der Waals surface area (Å²) in [5.41, 5.74) is 7.64. The van der Waals surface area contributed by atoms with Gasteiger partial charge in [0.1, 0.15) is 5.75 Å². The fourth-order valence-corrected chi connectivity index (χ4v) is 1.62. The first-order chi connectivity index (χ1) is 8.12. The first-order valence-electron chi connectivity index (χ1n) is 5.86. The first kappa shape index (κ1) is 13.8. The summed E-state index contributed by atoms with van der Waals surface area (Å²) in [4.78, 5) is 0. The number of rotatable bonds is 6. The molecule has 0 spiro atoms. The number of hydrogen-bond acceptors (Lipinski definition) is 4. The number of aliphatic hydroxyl groups excluding tert-OH is 1. The molecule has 0 aliphatic heterocycles. The lowest BCUT2D eigenvalue weighted by Crippen LogP contribution is -2.30. The molecule has 0 saturated carbocycles. The number of nitrogens with one attached hydrogen (secondary N) is 1. The van der Waals surface area contributed by atoms with Crippen LogP contribution in [0, 0.1) is 5.92 Å². The molecule has 0 radical (unpaired) electrons. The van der Waals surface area contributed by atoms with Gasteiger partial charge in [-0.1, -0.05) is 19.9 Å². The lowest BCUT2D eigenvalue weighted by molar-refractivity contribution is 0.249. The van der Waals surface area contributed by atoms with Gasteiger partial charge < -0.3 is 20.9 Å². The normalized spacial score (nSPS) is 12.6. The summed E-state index contributed by atoms with van der Waals surface area (Å²) in [7, 11) is 1.63. The summed E-state index contributed by atoms with van der Waals surface area (Å²) < 4.78 is 5.19. The molecule has 4 nitrogen and oxygen atoms in total. The zero-order chi connectivity index (χ0) is 12.8. The molecule has 4 N–H and O–H groups in total. The van der Waals surface area contributed by atoms with Crippen molar-refractivity contribution in [3.8, 4) is 5.75 Å². The highest BCUT2D eigenvalue weighted by atomic mass is 16.5. The van der Waals surface area contributed by atoms with Crippen molar-refractivity contribution in [2.45, 2.75) is 26.4 Å². The molecular weight excluding hydrogens is 216 g/mol. The average Bonchev–Trinajstić information content (AvgIpc) is 2.35. The lowest BCUT2D eigenvalue weighted by Gasteiger charge is -2.23. The van der Waals surface area contributed by atoms with Gasteiger partial charge in [-0.05, 0) is 17.5 Å². The minimum atomic E-state index is 0.0207. The second kappa shape index (κ2) is 6.47. The third-order valence-corrected chi connectivity index (χ3v) is 2.88. The largest absolute Gasteiger partial charge is 0.497 e. The van der Waals surface area contributed by atoms with Gasteiger partial charge in [0.25, 0.3) is 0 Å². The van der Waals surface area contributed by atoms with Crippen molar-refractivity contribution in [3.05, 3.63) is 23.8 Å². The predicted molar refractivity (Wildman–Crippen MR) is 70.2 cm³/mol. The van der Waals surface area contributed by atoms with Gasteiger partial charge in [0.05, 0.1) is 19.8 Å². The van der Waals surface area contributed by atoms with E-state index >= 15 is 0 Å². The molecule has 0 unspecified atom stereocenters. The van der Waals surface area contributed by atoms with E-state index in [1.807, 2.05) is 18.2 Å². The Hall–Kier alpha value is -1.26. The second-order valence-corrected chi connectivity index (χ2v) is 4.40. The van der Waals surface area contributed by atoms with Gasteiger partial charge in [0, 0.05) is 18.3 Å². The summed E-state index contributed by atoms with van der Waals surface area (Å²) in [6.07, 6.45) is 0. The van der Waals surface area contributed by atoms with Gasteiger partial charge in [-0.2, -0.15) is 0 Å². The molecule has 17 heavy (non-hydrogen) atoms. The van der Waals surface area contributed by atoms with E-state index in [0.717, 1.165) is 17.0 Å². The number of hydrogen-bond donors (Lipinski definition) is 3. The Morgan fingerprint density at radius 3 is 2.59 bits per heavy atom. The topological polar surface area (TPSA) is 67.5 Å². The summed E-state index contributed by atoms with van der Waals surface area (Å²) in [6, 6.07) is 5.76. The molecule has 0 saturated heterocycles. The molecule has 96 valence electrons. The van der Waals surface area contributed by atoms with E-state index in [4.69, 9.17) is 10.5 Å². The fraction of sp³-hybridized carbons (Fsp3) is 0.538. The number of methoxy groups -OCH3 is 1. The Balaban J connectivity index is 2.93. The number of ether oxygens (including phenoxy) is 1. The molecule has 0 bridgehead atoms. The van der Waals surface area contributed by atoms with Crippen LogP contribution in [-0.4, -0.2) is 24.9 Å². The molecule has 1 aromatic rings. The van der Waals surface area contributed by atoms with Gasteiger partial charge in [-0.3, -0.25) is 0 Å². The van der Waals surface area contributed by atoms with Crippen molar-refractivity contribution in [2.75, 3.05) is 19.0 Å². The molecule has 0 heterocycles. The van der Waals surface area contributed by atoms with Crippen LogP contribution < -0.4 is 15.8 Å². The van der Waals surface area contributed by atoms with Gasteiger partial charge >= 0.3 is 0 Å². The molecule has 1 rings (SSSR count). The second-order valence-electron chi connectivity index (χ2n) is 4.40. The quantitative estimate of drug-likeness (QED) is 0.704. The van der Waals surface area contributed by atoms with Crippen molar-refractivity contribution in [1.82, 2.24) is 0 Å².